The van der Waals surface area contributed by atoms with Crippen LogP contribution in [-0.2, 0) is 6.54 Å². The molecule has 15 heavy (non-hydrogen) atoms. The number of aliphatic hydroxyl groups is 2. The monoisotopic (exact) mass is 232 g/mol. The largest absolute Gasteiger partial charge is 0.394 e. The Morgan fingerprint density at radius 2 is 2.27 bits per heavy atom. The Morgan fingerprint density at radius 3 is 2.87 bits per heavy atom. The first kappa shape index (κ1) is 12.4. The molecule has 1 unspecified atom stereocenters. The van der Waals surface area contributed by atoms with Crippen molar-refractivity contribution in [3.63, 3.8) is 0 Å². The van der Waals surface area contributed by atoms with Gasteiger partial charge in [-0.2, -0.15) is 0 Å². The molecule has 7 heteroatoms. The van der Waals surface area contributed by atoms with Gasteiger partial charge < -0.3 is 20.5 Å². The fraction of sp³-hybridized carbons (Fsp3) is 0.750. The molecule has 1 atom stereocenters. The summed E-state index contributed by atoms with van der Waals surface area (Å²) in [5, 5.41) is 26.5. The average molecular weight is 232 g/mol. The maximum Gasteiger partial charge on any atom is 0.191 e. The molecule has 0 spiro atoms. The van der Waals surface area contributed by atoms with E-state index in [1.54, 1.807) is 0 Å². The van der Waals surface area contributed by atoms with Crippen molar-refractivity contribution in [2.24, 2.45) is 5.73 Å². The van der Waals surface area contributed by atoms with Crippen molar-refractivity contribution >= 4 is 11.8 Å². The number of aliphatic hydroxyl groups excluding tert-OH is 2. The van der Waals surface area contributed by atoms with E-state index in [0.29, 0.717) is 18.8 Å². The minimum Gasteiger partial charge on any atom is -0.394 e. The van der Waals surface area contributed by atoms with E-state index in [-0.39, 0.29) is 6.61 Å². The quantitative estimate of drug-likeness (QED) is 0.544. The highest BCUT2D eigenvalue weighted by Gasteiger charge is 2.10. The standard InChI is InChI=1S/C8H16N4O2S/c1-6-10-11-8(12(6)3-2-9)15-5-7(14)4-13/h7,13-14H,2-5,9H2,1H3. The molecule has 0 bridgehead atoms. The zero-order valence-electron chi connectivity index (χ0n) is 8.63. The molecule has 0 saturated heterocycles. The molecular formula is C8H16N4O2S. The topological polar surface area (TPSA) is 97.2 Å². The highest BCUT2D eigenvalue weighted by Crippen LogP contribution is 2.17. The number of aryl methyl sites for hydroxylation is 1. The van der Waals surface area contributed by atoms with Gasteiger partial charge in [-0.15, -0.1) is 10.2 Å². The van der Waals surface area contributed by atoms with E-state index in [2.05, 4.69) is 10.2 Å². The normalized spacial score (nSPS) is 13.1. The Balaban J connectivity index is 2.60. The summed E-state index contributed by atoms with van der Waals surface area (Å²) < 4.78 is 1.90. The fourth-order valence-electron chi connectivity index (χ4n) is 1.08. The molecule has 1 aromatic heterocycles. The summed E-state index contributed by atoms with van der Waals surface area (Å²) in [6, 6.07) is 0. The number of aromatic nitrogens is 3. The van der Waals surface area contributed by atoms with E-state index in [9.17, 15) is 5.11 Å². The fourth-order valence-corrected chi connectivity index (χ4v) is 2.00. The molecule has 0 fully saturated rings. The zero-order chi connectivity index (χ0) is 11.3. The lowest BCUT2D eigenvalue weighted by Crippen LogP contribution is -2.16. The molecule has 1 aromatic rings. The molecule has 0 aromatic carbocycles. The first-order valence-corrected chi connectivity index (χ1v) is 5.69. The van der Waals surface area contributed by atoms with Crippen molar-refractivity contribution in [1.29, 1.82) is 0 Å². The van der Waals surface area contributed by atoms with Crippen molar-refractivity contribution < 1.29 is 10.2 Å². The van der Waals surface area contributed by atoms with Gasteiger partial charge in [0.15, 0.2) is 5.16 Å². The van der Waals surface area contributed by atoms with E-state index in [1.807, 2.05) is 11.5 Å². The summed E-state index contributed by atoms with van der Waals surface area (Å²) in [6.45, 7) is 2.80. The third-order valence-corrected chi connectivity index (χ3v) is 2.98. The van der Waals surface area contributed by atoms with Gasteiger partial charge in [0, 0.05) is 18.8 Å². The van der Waals surface area contributed by atoms with Crippen LogP contribution in [0.1, 0.15) is 5.82 Å². The van der Waals surface area contributed by atoms with Crippen molar-refractivity contribution in [3.05, 3.63) is 5.82 Å². The van der Waals surface area contributed by atoms with E-state index < -0.39 is 6.10 Å². The Kier molecular flexibility index (Phi) is 5.03. The first-order valence-electron chi connectivity index (χ1n) is 4.70. The lowest BCUT2D eigenvalue weighted by atomic mass is 10.4. The summed E-state index contributed by atoms with van der Waals surface area (Å²) in [7, 11) is 0. The predicted molar refractivity (Wildman–Crippen MR) is 57.6 cm³/mol. The number of hydrogen-bond acceptors (Lipinski definition) is 6. The van der Waals surface area contributed by atoms with Crippen molar-refractivity contribution in [3.8, 4) is 0 Å². The summed E-state index contributed by atoms with van der Waals surface area (Å²) in [6.07, 6.45) is -0.724. The number of nitrogens with zero attached hydrogens (tertiary/aromatic N) is 3. The van der Waals surface area contributed by atoms with Crippen molar-refractivity contribution in [2.45, 2.75) is 24.7 Å². The average Bonchev–Trinajstić information content (AvgIpc) is 2.58. The molecule has 86 valence electrons. The van der Waals surface area contributed by atoms with Gasteiger partial charge in [-0.3, -0.25) is 0 Å². The van der Waals surface area contributed by atoms with Gasteiger partial charge in [-0.25, -0.2) is 0 Å². The van der Waals surface area contributed by atoms with Crippen molar-refractivity contribution in [1.82, 2.24) is 14.8 Å². The van der Waals surface area contributed by atoms with E-state index >= 15 is 0 Å². The molecule has 0 saturated carbocycles. The van der Waals surface area contributed by atoms with Crippen LogP contribution in [0.4, 0.5) is 0 Å². The van der Waals surface area contributed by atoms with Crippen molar-refractivity contribution in [2.75, 3.05) is 18.9 Å². The van der Waals surface area contributed by atoms with Gasteiger partial charge in [-0.05, 0) is 6.92 Å². The third-order valence-electron chi connectivity index (χ3n) is 1.87. The highest BCUT2D eigenvalue weighted by molar-refractivity contribution is 7.99. The van der Waals surface area contributed by atoms with Gasteiger partial charge in [-0.1, -0.05) is 11.8 Å². The maximum absolute atomic E-state index is 9.19. The third kappa shape index (κ3) is 3.45. The second-order valence-corrected chi connectivity index (χ2v) is 4.10. The van der Waals surface area contributed by atoms with Gasteiger partial charge in [0.05, 0.1) is 12.7 Å². The van der Waals surface area contributed by atoms with Crippen LogP contribution in [0.25, 0.3) is 0 Å². The summed E-state index contributed by atoms with van der Waals surface area (Å²) in [5.41, 5.74) is 5.46. The van der Waals surface area contributed by atoms with Crippen LogP contribution in [0, 0.1) is 6.92 Å². The Hall–Kier alpha value is -0.630. The zero-order valence-corrected chi connectivity index (χ0v) is 9.44. The van der Waals surface area contributed by atoms with E-state index in [4.69, 9.17) is 10.8 Å². The molecule has 4 N–H and O–H groups in total. The molecule has 0 aliphatic heterocycles. The minimum absolute atomic E-state index is 0.239. The molecule has 6 nitrogen and oxygen atoms in total. The smallest absolute Gasteiger partial charge is 0.191 e. The second kappa shape index (κ2) is 6.06. The van der Waals surface area contributed by atoms with E-state index in [1.165, 1.54) is 11.8 Å². The van der Waals surface area contributed by atoms with Gasteiger partial charge in [0.25, 0.3) is 0 Å². The summed E-state index contributed by atoms with van der Waals surface area (Å²) >= 11 is 1.36. The van der Waals surface area contributed by atoms with Crippen LogP contribution in [0.2, 0.25) is 0 Å². The summed E-state index contributed by atoms with van der Waals surface area (Å²) in [5.74, 6) is 1.21. The SMILES string of the molecule is Cc1nnc(SCC(O)CO)n1CCN. The van der Waals surface area contributed by atoms with Gasteiger partial charge >= 0.3 is 0 Å². The second-order valence-electron chi connectivity index (χ2n) is 3.12. The van der Waals surface area contributed by atoms with Crippen LogP contribution in [0.15, 0.2) is 5.16 Å². The molecule has 0 aliphatic rings. The number of nitrogens with two attached hydrogens (primary N) is 1. The lowest BCUT2D eigenvalue weighted by Gasteiger charge is -2.08. The molecular weight excluding hydrogens is 216 g/mol. The van der Waals surface area contributed by atoms with Gasteiger partial charge in [0.2, 0.25) is 0 Å². The molecule has 1 rings (SSSR count). The van der Waals surface area contributed by atoms with Crippen LogP contribution in [-0.4, -0.2) is 50.0 Å². The predicted octanol–water partition coefficient (Wildman–Crippen LogP) is -1.01. The number of hydrogen-bond donors (Lipinski definition) is 3. The molecule has 0 radical (unpaired) electrons. The molecule has 1 heterocycles. The Morgan fingerprint density at radius 1 is 1.53 bits per heavy atom. The lowest BCUT2D eigenvalue weighted by molar-refractivity contribution is 0.113. The minimum atomic E-state index is -0.724. The van der Waals surface area contributed by atoms with Crippen LogP contribution < -0.4 is 5.73 Å². The first-order chi connectivity index (χ1) is 7.19. The highest BCUT2D eigenvalue weighted by atomic mass is 32.2. The van der Waals surface area contributed by atoms with Crippen LogP contribution >= 0.6 is 11.8 Å². The van der Waals surface area contributed by atoms with Crippen LogP contribution in [0.3, 0.4) is 0 Å². The number of rotatable bonds is 6. The van der Waals surface area contributed by atoms with Gasteiger partial charge in [0.1, 0.15) is 5.82 Å². The Labute approximate surface area is 92.5 Å². The number of thioether (sulfide) groups is 1. The Bertz CT molecular complexity index is 305. The molecule has 0 aliphatic carbocycles. The molecule has 0 amide bonds. The van der Waals surface area contributed by atoms with E-state index in [0.717, 1.165) is 11.0 Å². The van der Waals surface area contributed by atoms with Crippen LogP contribution in [0.5, 0.6) is 0 Å². The summed E-state index contributed by atoms with van der Waals surface area (Å²) in [4.78, 5) is 0. The maximum atomic E-state index is 9.19.